The van der Waals surface area contributed by atoms with Crippen molar-refractivity contribution < 1.29 is 13.9 Å². The first-order chi connectivity index (χ1) is 7.63. The van der Waals surface area contributed by atoms with Crippen LogP contribution in [-0.2, 0) is 4.74 Å². The van der Waals surface area contributed by atoms with Crippen LogP contribution in [-0.4, -0.2) is 18.4 Å². The second-order valence-electron chi connectivity index (χ2n) is 3.04. The third kappa shape index (κ3) is 3.68. The number of carbonyl (C=O) groups is 1. The molecular formula is C11H13FN2O2. The van der Waals surface area contributed by atoms with Crippen molar-refractivity contribution in [1.82, 2.24) is 5.43 Å². The third-order valence-electron chi connectivity index (χ3n) is 1.83. The fourth-order valence-electron chi connectivity index (χ4n) is 1.07. The molecule has 0 radical (unpaired) electrons. The maximum Gasteiger partial charge on any atom is 0.427 e. The topological polar surface area (TPSA) is 50.7 Å². The van der Waals surface area contributed by atoms with Gasteiger partial charge in [0.05, 0.1) is 12.3 Å². The molecule has 86 valence electrons. The highest BCUT2D eigenvalue weighted by Crippen LogP contribution is 2.04. The van der Waals surface area contributed by atoms with Crippen molar-refractivity contribution >= 4 is 11.8 Å². The van der Waals surface area contributed by atoms with Gasteiger partial charge in [0, 0.05) is 5.56 Å². The number of nitrogens with one attached hydrogen (secondary N) is 1. The van der Waals surface area contributed by atoms with Crippen molar-refractivity contribution in [3.05, 3.63) is 35.6 Å². The van der Waals surface area contributed by atoms with Crippen molar-refractivity contribution in [3.63, 3.8) is 0 Å². The molecule has 0 saturated heterocycles. The maximum atomic E-state index is 12.9. The molecule has 1 aromatic rings. The van der Waals surface area contributed by atoms with Crippen LogP contribution in [0.2, 0.25) is 0 Å². The zero-order valence-electron chi connectivity index (χ0n) is 9.16. The molecule has 0 fully saturated rings. The second kappa shape index (κ2) is 5.85. The highest BCUT2D eigenvalue weighted by molar-refractivity contribution is 5.99. The van der Waals surface area contributed by atoms with Crippen LogP contribution in [0.4, 0.5) is 9.18 Å². The molecule has 0 unspecified atom stereocenters. The summed E-state index contributed by atoms with van der Waals surface area (Å²) in [6, 6.07) is 5.96. The van der Waals surface area contributed by atoms with Crippen molar-refractivity contribution in [3.8, 4) is 0 Å². The van der Waals surface area contributed by atoms with E-state index in [9.17, 15) is 9.18 Å². The third-order valence-corrected chi connectivity index (χ3v) is 1.83. The molecule has 0 atom stereocenters. The largest absolute Gasteiger partial charge is 0.449 e. The smallest absolute Gasteiger partial charge is 0.427 e. The molecule has 1 rings (SSSR count). The van der Waals surface area contributed by atoms with E-state index in [-0.39, 0.29) is 12.4 Å². The van der Waals surface area contributed by atoms with E-state index in [2.05, 4.69) is 15.3 Å². The first kappa shape index (κ1) is 12.2. The molecule has 1 amide bonds. The highest BCUT2D eigenvalue weighted by atomic mass is 19.1. The van der Waals surface area contributed by atoms with E-state index in [1.54, 1.807) is 26.0 Å². The molecule has 1 aromatic carbocycles. The van der Waals surface area contributed by atoms with Gasteiger partial charge >= 0.3 is 6.09 Å². The lowest BCUT2D eigenvalue weighted by molar-refractivity contribution is 0.152. The lowest BCUT2D eigenvalue weighted by Crippen LogP contribution is -2.20. The Morgan fingerprint density at radius 2 is 2.31 bits per heavy atom. The summed E-state index contributed by atoms with van der Waals surface area (Å²) in [5.74, 6) is -0.344. The number of rotatable bonds is 3. The van der Waals surface area contributed by atoms with Crippen LogP contribution in [0, 0.1) is 5.82 Å². The average Bonchev–Trinajstić information content (AvgIpc) is 2.26. The molecule has 0 aliphatic heterocycles. The Morgan fingerprint density at radius 3 is 2.94 bits per heavy atom. The van der Waals surface area contributed by atoms with Crippen LogP contribution >= 0.6 is 0 Å². The fourth-order valence-corrected chi connectivity index (χ4v) is 1.07. The number of benzene rings is 1. The number of nitrogens with zero attached hydrogens (tertiary/aromatic N) is 1. The van der Waals surface area contributed by atoms with Crippen molar-refractivity contribution in [1.29, 1.82) is 0 Å². The van der Waals surface area contributed by atoms with E-state index in [1.165, 1.54) is 12.1 Å². The van der Waals surface area contributed by atoms with Gasteiger partial charge < -0.3 is 4.74 Å². The summed E-state index contributed by atoms with van der Waals surface area (Å²) < 4.78 is 17.5. The number of hydrazone groups is 1. The van der Waals surface area contributed by atoms with Gasteiger partial charge in [-0.05, 0) is 26.0 Å². The standard InChI is InChI=1S/C11H13FN2O2/c1-3-16-11(15)14-13-8(2)9-5-4-6-10(12)7-9/h4-7H,3H2,1-2H3,(H,14,15)/b13-8+. The summed E-state index contributed by atoms with van der Waals surface area (Å²) in [6.45, 7) is 3.64. The fraction of sp³-hybridized carbons (Fsp3) is 0.273. The SMILES string of the molecule is CCOC(=O)N/N=C(\C)c1cccc(F)c1. The molecule has 16 heavy (non-hydrogen) atoms. The lowest BCUT2D eigenvalue weighted by atomic mass is 10.1. The van der Waals surface area contributed by atoms with Crippen molar-refractivity contribution in [2.45, 2.75) is 13.8 Å². The van der Waals surface area contributed by atoms with E-state index in [0.29, 0.717) is 11.3 Å². The van der Waals surface area contributed by atoms with E-state index in [4.69, 9.17) is 0 Å². The van der Waals surface area contributed by atoms with Gasteiger partial charge in [0.2, 0.25) is 0 Å². The van der Waals surface area contributed by atoms with Gasteiger partial charge in [-0.15, -0.1) is 0 Å². The first-order valence-corrected chi connectivity index (χ1v) is 4.86. The Bertz CT molecular complexity index is 405. The summed E-state index contributed by atoms with van der Waals surface area (Å²) in [7, 11) is 0. The number of halogens is 1. The summed E-state index contributed by atoms with van der Waals surface area (Å²) in [4.78, 5) is 10.9. The number of ether oxygens (including phenoxy) is 1. The Labute approximate surface area is 93.1 Å². The number of carbonyl (C=O) groups excluding carboxylic acids is 1. The highest BCUT2D eigenvalue weighted by Gasteiger charge is 2.01. The van der Waals surface area contributed by atoms with Crippen LogP contribution < -0.4 is 5.43 Å². The molecule has 0 aliphatic carbocycles. The Kier molecular flexibility index (Phi) is 4.44. The van der Waals surface area contributed by atoms with Crippen LogP contribution in [0.3, 0.4) is 0 Å². The van der Waals surface area contributed by atoms with Gasteiger partial charge in [-0.3, -0.25) is 0 Å². The van der Waals surface area contributed by atoms with Gasteiger partial charge in [-0.25, -0.2) is 14.6 Å². The maximum absolute atomic E-state index is 12.9. The van der Waals surface area contributed by atoms with Crippen molar-refractivity contribution in [2.75, 3.05) is 6.61 Å². The quantitative estimate of drug-likeness (QED) is 0.632. The Hall–Kier alpha value is -1.91. The van der Waals surface area contributed by atoms with Gasteiger partial charge in [-0.1, -0.05) is 12.1 Å². The van der Waals surface area contributed by atoms with E-state index >= 15 is 0 Å². The number of amides is 1. The number of hydrogen-bond acceptors (Lipinski definition) is 3. The minimum Gasteiger partial charge on any atom is -0.449 e. The van der Waals surface area contributed by atoms with Crippen LogP contribution in [0.15, 0.2) is 29.4 Å². The molecule has 0 bridgehead atoms. The second-order valence-corrected chi connectivity index (χ2v) is 3.04. The van der Waals surface area contributed by atoms with E-state index in [1.807, 2.05) is 0 Å². The zero-order chi connectivity index (χ0) is 12.0. The van der Waals surface area contributed by atoms with E-state index in [0.717, 1.165) is 0 Å². The van der Waals surface area contributed by atoms with Gasteiger partial charge in [0.25, 0.3) is 0 Å². The van der Waals surface area contributed by atoms with Crippen LogP contribution in [0.25, 0.3) is 0 Å². The van der Waals surface area contributed by atoms with Crippen molar-refractivity contribution in [2.24, 2.45) is 5.10 Å². The molecule has 0 spiro atoms. The molecule has 4 nitrogen and oxygen atoms in total. The van der Waals surface area contributed by atoms with Gasteiger partial charge in [0.1, 0.15) is 5.82 Å². The monoisotopic (exact) mass is 224 g/mol. The zero-order valence-corrected chi connectivity index (χ0v) is 9.16. The summed E-state index contributed by atoms with van der Waals surface area (Å²) >= 11 is 0. The first-order valence-electron chi connectivity index (χ1n) is 4.86. The van der Waals surface area contributed by atoms with Crippen LogP contribution in [0.1, 0.15) is 19.4 Å². The Balaban J connectivity index is 2.67. The summed E-state index contributed by atoms with van der Waals surface area (Å²) in [6.07, 6.45) is -0.627. The average molecular weight is 224 g/mol. The molecule has 0 heterocycles. The molecular weight excluding hydrogens is 211 g/mol. The summed E-state index contributed by atoms with van der Waals surface area (Å²) in [5.41, 5.74) is 3.32. The number of hydrogen-bond donors (Lipinski definition) is 1. The van der Waals surface area contributed by atoms with Crippen LogP contribution in [0.5, 0.6) is 0 Å². The van der Waals surface area contributed by atoms with Gasteiger partial charge in [0.15, 0.2) is 0 Å². The van der Waals surface area contributed by atoms with E-state index < -0.39 is 6.09 Å². The predicted molar refractivity (Wildman–Crippen MR) is 58.8 cm³/mol. The lowest BCUT2D eigenvalue weighted by Gasteiger charge is -2.02. The minimum absolute atomic E-state index is 0.278. The predicted octanol–water partition coefficient (Wildman–Crippen LogP) is 2.30. The normalized spacial score (nSPS) is 11.1. The Morgan fingerprint density at radius 1 is 1.56 bits per heavy atom. The molecule has 1 N–H and O–H groups in total. The molecule has 0 saturated carbocycles. The van der Waals surface area contributed by atoms with Gasteiger partial charge in [-0.2, -0.15) is 5.10 Å². The minimum atomic E-state index is -0.627. The molecule has 5 heteroatoms. The summed E-state index contributed by atoms with van der Waals surface area (Å²) in [5, 5.41) is 3.78. The molecule has 0 aliphatic rings. The molecule has 0 aromatic heterocycles.